The van der Waals surface area contributed by atoms with Crippen LogP contribution in [0.3, 0.4) is 0 Å². The molecule has 0 bridgehead atoms. The van der Waals surface area contributed by atoms with Gasteiger partial charge in [0.1, 0.15) is 5.82 Å². The van der Waals surface area contributed by atoms with Crippen molar-refractivity contribution in [1.29, 1.82) is 0 Å². The first kappa shape index (κ1) is 12.8. The van der Waals surface area contributed by atoms with Gasteiger partial charge >= 0.3 is 0 Å². The first-order chi connectivity index (χ1) is 8.74. The second-order valence-corrected chi connectivity index (χ2v) is 4.81. The average Bonchev–Trinajstić information content (AvgIpc) is 2.85. The highest BCUT2D eigenvalue weighted by Crippen LogP contribution is 2.06. The van der Waals surface area contributed by atoms with Crippen LogP contribution in [0.5, 0.6) is 0 Å². The monoisotopic (exact) mass is 263 g/mol. The van der Waals surface area contributed by atoms with E-state index in [2.05, 4.69) is 16.8 Å². The Kier molecular flexibility index (Phi) is 4.47. The molecule has 0 unspecified atom stereocenters. The SMILES string of the molecule is O=C(Cc1ccc(F)cc1)NCCc1ccsc1. The number of hydrogen-bond donors (Lipinski definition) is 1. The summed E-state index contributed by atoms with van der Waals surface area (Å²) >= 11 is 1.65. The van der Waals surface area contributed by atoms with Gasteiger partial charge in [0, 0.05) is 6.54 Å². The highest BCUT2D eigenvalue weighted by Gasteiger charge is 2.03. The average molecular weight is 263 g/mol. The largest absolute Gasteiger partial charge is 0.355 e. The lowest BCUT2D eigenvalue weighted by Gasteiger charge is -2.04. The van der Waals surface area contributed by atoms with E-state index in [1.165, 1.54) is 17.7 Å². The van der Waals surface area contributed by atoms with Crippen molar-refractivity contribution in [3.05, 3.63) is 58.0 Å². The molecule has 0 saturated heterocycles. The zero-order valence-corrected chi connectivity index (χ0v) is 10.7. The Morgan fingerprint density at radius 2 is 1.94 bits per heavy atom. The lowest BCUT2D eigenvalue weighted by molar-refractivity contribution is -0.120. The maximum Gasteiger partial charge on any atom is 0.224 e. The molecule has 0 aliphatic rings. The second kappa shape index (κ2) is 6.31. The van der Waals surface area contributed by atoms with Crippen LogP contribution in [0.1, 0.15) is 11.1 Å². The molecule has 2 nitrogen and oxygen atoms in total. The van der Waals surface area contributed by atoms with Crippen molar-refractivity contribution < 1.29 is 9.18 Å². The minimum absolute atomic E-state index is 0.0307. The molecule has 18 heavy (non-hydrogen) atoms. The van der Waals surface area contributed by atoms with E-state index in [0.717, 1.165) is 12.0 Å². The van der Waals surface area contributed by atoms with Crippen LogP contribution in [-0.4, -0.2) is 12.5 Å². The van der Waals surface area contributed by atoms with Crippen LogP contribution in [0.4, 0.5) is 4.39 Å². The summed E-state index contributed by atoms with van der Waals surface area (Å²) in [6.45, 7) is 0.636. The molecule has 1 heterocycles. The maximum atomic E-state index is 12.7. The minimum Gasteiger partial charge on any atom is -0.355 e. The second-order valence-electron chi connectivity index (χ2n) is 4.03. The molecule has 1 N–H and O–H groups in total. The topological polar surface area (TPSA) is 29.1 Å². The summed E-state index contributed by atoms with van der Waals surface area (Å²) < 4.78 is 12.7. The third-order valence-electron chi connectivity index (χ3n) is 2.59. The highest BCUT2D eigenvalue weighted by molar-refractivity contribution is 7.07. The van der Waals surface area contributed by atoms with Crippen LogP contribution >= 0.6 is 11.3 Å². The predicted octanol–water partition coefficient (Wildman–Crippen LogP) is 2.79. The Balaban J connectivity index is 1.73. The van der Waals surface area contributed by atoms with Gasteiger partial charge in [-0.25, -0.2) is 4.39 Å². The number of carbonyl (C=O) groups is 1. The third kappa shape index (κ3) is 3.96. The van der Waals surface area contributed by atoms with Crippen molar-refractivity contribution in [3.63, 3.8) is 0 Å². The van der Waals surface area contributed by atoms with Gasteiger partial charge in [0.05, 0.1) is 6.42 Å². The number of halogens is 1. The van der Waals surface area contributed by atoms with Crippen LogP contribution in [0.25, 0.3) is 0 Å². The van der Waals surface area contributed by atoms with Gasteiger partial charge in [-0.3, -0.25) is 4.79 Å². The number of benzene rings is 1. The zero-order valence-electron chi connectivity index (χ0n) is 9.86. The quantitative estimate of drug-likeness (QED) is 0.883. The summed E-state index contributed by atoms with van der Waals surface area (Å²) in [6.07, 6.45) is 1.14. The molecular formula is C14H14FNOS. The molecule has 2 rings (SSSR count). The Bertz CT molecular complexity index is 493. The van der Waals surface area contributed by atoms with E-state index in [1.807, 2.05) is 5.38 Å². The van der Waals surface area contributed by atoms with Crippen molar-refractivity contribution in [1.82, 2.24) is 5.32 Å². The highest BCUT2D eigenvalue weighted by atomic mass is 32.1. The Labute approximate surface area is 109 Å². The Morgan fingerprint density at radius 1 is 1.17 bits per heavy atom. The molecule has 1 aromatic carbocycles. The molecule has 1 aromatic heterocycles. The molecule has 0 fully saturated rings. The van der Waals surface area contributed by atoms with Gasteiger partial charge in [0.2, 0.25) is 5.91 Å². The molecule has 0 aliphatic carbocycles. The molecule has 0 atom stereocenters. The lowest BCUT2D eigenvalue weighted by atomic mass is 10.1. The van der Waals surface area contributed by atoms with Crippen molar-refractivity contribution in [2.75, 3.05) is 6.54 Å². The molecule has 2 aromatic rings. The van der Waals surface area contributed by atoms with Crippen molar-refractivity contribution in [3.8, 4) is 0 Å². The van der Waals surface area contributed by atoms with E-state index < -0.39 is 0 Å². The number of thiophene rings is 1. The third-order valence-corrected chi connectivity index (χ3v) is 3.33. The summed E-state index contributed by atoms with van der Waals surface area (Å²) in [5.41, 5.74) is 2.06. The van der Waals surface area contributed by atoms with E-state index >= 15 is 0 Å². The summed E-state index contributed by atoms with van der Waals surface area (Å²) in [6, 6.07) is 8.06. The molecule has 0 spiro atoms. The minimum atomic E-state index is -0.281. The molecule has 0 aliphatic heterocycles. The van der Waals surface area contributed by atoms with Gasteiger partial charge in [0.15, 0.2) is 0 Å². The molecular weight excluding hydrogens is 249 g/mol. The lowest BCUT2D eigenvalue weighted by Crippen LogP contribution is -2.27. The Morgan fingerprint density at radius 3 is 2.61 bits per heavy atom. The summed E-state index contributed by atoms with van der Waals surface area (Å²) in [5.74, 6) is -0.312. The fraction of sp³-hybridized carbons (Fsp3) is 0.214. The number of hydrogen-bond acceptors (Lipinski definition) is 2. The fourth-order valence-corrected chi connectivity index (χ4v) is 2.33. The summed E-state index contributed by atoms with van der Waals surface area (Å²) in [7, 11) is 0. The van der Waals surface area contributed by atoms with E-state index in [4.69, 9.17) is 0 Å². The van der Waals surface area contributed by atoms with Crippen molar-refractivity contribution >= 4 is 17.2 Å². The van der Waals surface area contributed by atoms with Crippen LogP contribution in [0, 0.1) is 5.82 Å². The summed E-state index contributed by atoms with van der Waals surface area (Å²) in [5, 5.41) is 6.95. The predicted molar refractivity (Wildman–Crippen MR) is 71.1 cm³/mol. The molecule has 4 heteroatoms. The first-order valence-electron chi connectivity index (χ1n) is 5.76. The molecule has 1 amide bonds. The van der Waals surface area contributed by atoms with E-state index in [9.17, 15) is 9.18 Å². The van der Waals surface area contributed by atoms with Crippen molar-refractivity contribution in [2.45, 2.75) is 12.8 Å². The first-order valence-corrected chi connectivity index (χ1v) is 6.70. The number of amides is 1. The van der Waals surface area contributed by atoms with Gasteiger partial charge < -0.3 is 5.32 Å². The van der Waals surface area contributed by atoms with Crippen LogP contribution < -0.4 is 5.32 Å². The van der Waals surface area contributed by atoms with Crippen LogP contribution in [0.15, 0.2) is 41.1 Å². The van der Waals surface area contributed by atoms with E-state index in [1.54, 1.807) is 23.5 Å². The fourth-order valence-electron chi connectivity index (χ4n) is 1.63. The van der Waals surface area contributed by atoms with Gasteiger partial charge in [0.25, 0.3) is 0 Å². The standard InChI is InChI=1S/C14H14FNOS/c15-13-3-1-11(2-4-13)9-14(17)16-7-5-12-6-8-18-10-12/h1-4,6,8,10H,5,7,9H2,(H,16,17). The van der Waals surface area contributed by atoms with Gasteiger partial charge in [-0.15, -0.1) is 0 Å². The normalized spacial score (nSPS) is 10.3. The zero-order chi connectivity index (χ0) is 12.8. The molecule has 0 radical (unpaired) electrons. The van der Waals surface area contributed by atoms with E-state index in [0.29, 0.717) is 13.0 Å². The summed E-state index contributed by atoms with van der Waals surface area (Å²) in [4.78, 5) is 11.6. The van der Waals surface area contributed by atoms with Gasteiger partial charge in [-0.1, -0.05) is 12.1 Å². The number of carbonyl (C=O) groups excluding carboxylic acids is 1. The van der Waals surface area contributed by atoms with Crippen LogP contribution in [0.2, 0.25) is 0 Å². The smallest absolute Gasteiger partial charge is 0.224 e. The molecule has 0 saturated carbocycles. The number of rotatable bonds is 5. The van der Waals surface area contributed by atoms with E-state index in [-0.39, 0.29) is 11.7 Å². The number of nitrogens with one attached hydrogen (secondary N) is 1. The van der Waals surface area contributed by atoms with Gasteiger partial charge in [-0.2, -0.15) is 11.3 Å². The molecule has 94 valence electrons. The van der Waals surface area contributed by atoms with Crippen molar-refractivity contribution in [2.24, 2.45) is 0 Å². The van der Waals surface area contributed by atoms with Gasteiger partial charge in [-0.05, 0) is 46.5 Å². The van der Waals surface area contributed by atoms with Crippen LogP contribution in [-0.2, 0) is 17.6 Å². The Hall–Kier alpha value is -1.68. The maximum absolute atomic E-state index is 12.7.